The molecule has 0 saturated heterocycles. The molecule has 2 aromatic carbocycles. The molecule has 4 nitrogen and oxygen atoms in total. The lowest BCUT2D eigenvalue weighted by Gasteiger charge is -2.07. The zero-order valence-corrected chi connectivity index (χ0v) is 16.8. The van der Waals surface area contributed by atoms with Gasteiger partial charge in [0.1, 0.15) is 22.3 Å². The Hall–Kier alpha value is -3.34. The van der Waals surface area contributed by atoms with Crippen LogP contribution in [0, 0.1) is 17.5 Å². The quantitative estimate of drug-likeness (QED) is 0.369. The van der Waals surface area contributed by atoms with Gasteiger partial charge in [-0.1, -0.05) is 0 Å². The number of carbonyl (C=O) groups is 1. The molecule has 2 N–H and O–H groups in total. The predicted octanol–water partition coefficient (Wildman–Crippen LogP) is 5.70. The molecule has 4 rings (SSSR count). The molecule has 1 amide bonds. The number of aromatic amines is 1. The summed E-state index contributed by atoms with van der Waals surface area (Å²) in [5, 5.41) is 1.59. The number of benzene rings is 2. The van der Waals surface area contributed by atoms with Crippen molar-refractivity contribution in [3.8, 4) is 11.3 Å². The fourth-order valence-corrected chi connectivity index (χ4v) is 3.99. The summed E-state index contributed by atoms with van der Waals surface area (Å²) in [7, 11) is 0. The summed E-state index contributed by atoms with van der Waals surface area (Å²) in [5.41, 5.74) is 1.44. The van der Waals surface area contributed by atoms with E-state index in [1.54, 1.807) is 0 Å². The Labute approximate surface area is 180 Å². The summed E-state index contributed by atoms with van der Waals surface area (Å²) >= 11 is 0.215. The third kappa shape index (κ3) is 4.33. The molecular weight excluding hydrogens is 456 g/mol. The highest BCUT2D eigenvalue weighted by atomic mass is 32.1. The molecule has 2 heterocycles. The number of thiazole rings is 1. The van der Waals surface area contributed by atoms with Gasteiger partial charge in [-0.15, -0.1) is 11.3 Å². The molecular formula is C21H13F6N3OS. The number of aromatic nitrogens is 2. The molecule has 2 aromatic heterocycles. The van der Waals surface area contributed by atoms with E-state index in [0.717, 1.165) is 18.3 Å². The van der Waals surface area contributed by atoms with Crippen LogP contribution in [0.25, 0.3) is 22.2 Å². The van der Waals surface area contributed by atoms with Gasteiger partial charge in [0.2, 0.25) is 0 Å². The number of halogens is 6. The molecule has 0 fully saturated rings. The summed E-state index contributed by atoms with van der Waals surface area (Å²) in [6.45, 7) is -0.0304. The van der Waals surface area contributed by atoms with E-state index >= 15 is 0 Å². The van der Waals surface area contributed by atoms with Gasteiger partial charge < -0.3 is 10.3 Å². The average molecular weight is 469 g/mol. The summed E-state index contributed by atoms with van der Waals surface area (Å²) in [5.74, 6) is -2.84. The summed E-state index contributed by atoms with van der Waals surface area (Å²) in [6, 6.07) is 7.22. The van der Waals surface area contributed by atoms with E-state index in [-0.39, 0.29) is 40.1 Å². The molecule has 0 bridgehead atoms. The lowest BCUT2D eigenvalue weighted by Crippen LogP contribution is -2.25. The number of amides is 1. The maximum Gasteiger partial charge on any atom is 0.443 e. The van der Waals surface area contributed by atoms with Crippen molar-refractivity contribution in [2.75, 3.05) is 6.54 Å². The van der Waals surface area contributed by atoms with Crippen molar-refractivity contribution in [3.05, 3.63) is 75.5 Å². The van der Waals surface area contributed by atoms with Gasteiger partial charge in [-0.25, -0.2) is 18.2 Å². The van der Waals surface area contributed by atoms with Crippen molar-refractivity contribution < 1.29 is 31.1 Å². The second kappa shape index (κ2) is 8.30. The Morgan fingerprint density at radius 2 is 1.78 bits per heavy atom. The zero-order valence-electron chi connectivity index (χ0n) is 16.0. The lowest BCUT2D eigenvalue weighted by molar-refractivity contribution is -0.137. The Balaban J connectivity index is 1.60. The highest BCUT2D eigenvalue weighted by molar-refractivity contribution is 7.13. The molecule has 11 heteroatoms. The van der Waals surface area contributed by atoms with Crippen LogP contribution in [-0.2, 0) is 12.6 Å². The largest absolute Gasteiger partial charge is 0.443 e. The van der Waals surface area contributed by atoms with Crippen molar-refractivity contribution >= 4 is 28.1 Å². The number of fused-ring (bicyclic) bond motifs is 1. The minimum atomic E-state index is -4.65. The smallest absolute Gasteiger partial charge is 0.352 e. The molecule has 4 aromatic rings. The van der Waals surface area contributed by atoms with Crippen LogP contribution in [0.1, 0.15) is 20.2 Å². The van der Waals surface area contributed by atoms with Gasteiger partial charge >= 0.3 is 6.18 Å². The molecule has 0 radical (unpaired) electrons. The van der Waals surface area contributed by atoms with Crippen LogP contribution in [0.15, 0.2) is 42.6 Å². The predicted molar refractivity (Wildman–Crippen MR) is 107 cm³/mol. The number of nitrogens with zero attached hydrogens (tertiary/aromatic N) is 1. The van der Waals surface area contributed by atoms with E-state index in [4.69, 9.17) is 0 Å². The van der Waals surface area contributed by atoms with Crippen molar-refractivity contribution in [2.45, 2.75) is 12.6 Å². The van der Waals surface area contributed by atoms with Gasteiger partial charge in [-0.2, -0.15) is 13.2 Å². The molecule has 0 aliphatic heterocycles. The highest BCUT2D eigenvalue weighted by Gasteiger charge is 2.35. The number of hydrogen-bond donors (Lipinski definition) is 2. The molecule has 0 saturated carbocycles. The number of rotatable bonds is 5. The maximum absolute atomic E-state index is 14.3. The monoisotopic (exact) mass is 469 g/mol. The molecule has 0 aliphatic rings. The molecule has 0 atom stereocenters. The SMILES string of the molecule is O=C(NCCc1c(-c2ccc(F)cc2)[nH]c2c(F)cc(F)cc12)c1cnc(C(F)(F)F)s1. The minimum Gasteiger partial charge on any atom is -0.352 e. The third-order valence-electron chi connectivity index (χ3n) is 4.70. The normalized spacial score (nSPS) is 11.8. The molecule has 166 valence electrons. The second-order valence-electron chi connectivity index (χ2n) is 6.83. The van der Waals surface area contributed by atoms with Crippen LogP contribution >= 0.6 is 11.3 Å². The molecule has 0 aliphatic carbocycles. The number of hydrogen-bond acceptors (Lipinski definition) is 3. The van der Waals surface area contributed by atoms with Crippen molar-refractivity contribution in [2.24, 2.45) is 0 Å². The van der Waals surface area contributed by atoms with Crippen LogP contribution in [-0.4, -0.2) is 22.4 Å². The standard InChI is InChI=1S/C21H13F6N3OS/c22-11-3-1-10(2-4-11)17-13(14-7-12(23)8-15(24)18(14)30-17)5-6-28-19(31)16-9-29-20(32-16)21(25,26)27/h1-4,7-9,30H,5-6H2,(H,28,31). The zero-order chi connectivity index (χ0) is 23.0. The van der Waals surface area contributed by atoms with Gasteiger partial charge in [-0.3, -0.25) is 4.79 Å². The first-order valence-electron chi connectivity index (χ1n) is 9.20. The van der Waals surface area contributed by atoms with Gasteiger partial charge in [0, 0.05) is 23.7 Å². The van der Waals surface area contributed by atoms with E-state index in [1.807, 2.05) is 0 Å². The molecule has 0 unspecified atom stereocenters. The van der Waals surface area contributed by atoms with E-state index in [9.17, 15) is 31.1 Å². The van der Waals surface area contributed by atoms with Crippen molar-refractivity contribution in [1.82, 2.24) is 15.3 Å². The number of alkyl halides is 3. The fraction of sp³-hybridized carbons (Fsp3) is 0.143. The Morgan fingerprint density at radius 1 is 1.06 bits per heavy atom. The first-order valence-corrected chi connectivity index (χ1v) is 10.0. The fourth-order valence-electron chi connectivity index (χ4n) is 3.29. The average Bonchev–Trinajstić information content (AvgIpc) is 3.35. The highest BCUT2D eigenvalue weighted by Crippen LogP contribution is 2.34. The first-order chi connectivity index (χ1) is 15.1. The topological polar surface area (TPSA) is 57.8 Å². The van der Waals surface area contributed by atoms with Crippen LogP contribution in [0.2, 0.25) is 0 Å². The van der Waals surface area contributed by atoms with E-state index < -0.39 is 34.5 Å². The number of H-pyrrole nitrogens is 1. The van der Waals surface area contributed by atoms with Crippen LogP contribution < -0.4 is 5.32 Å². The molecule has 0 spiro atoms. The Bertz CT molecular complexity index is 1290. The van der Waals surface area contributed by atoms with E-state index in [1.165, 1.54) is 24.3 Å². The van der Waals surface area contributed by atoms with Gasteiger partial charge in [0.25, 0.3) is 5.91 Å². The summed E-state index contributed by atoms with van der Waals surface area (Å²) in [6.07, 6.45) is -3.71. The number of nitrogens with one attached hydrogen (secondary N) is 2. The third-order valence-corrected chi connectivity index (χ3v) is 5.74. The van der Waals surface area contributed by atoms with Crippen LogP contribution in [0.3, 0.4) is 0 Å². The summed E-state index contributed by atoms with van der Waals surface area (Å²) in [4.78, 5) is 18.1. The van der Waals surface area contributed by atoms with Gasteiger partial charge in [-0.05, 0) is 47.9 Å². The van der Waals surface area contributed by atoms with E-state index in [0.29, 0.717) is 16.8 Å². The Morgan fingerprint density at radius 3 is 2.44 bits per heavy atom. The first kappa shape index (κ1) is 21.9. The lowest BCUT2D eigenvalue weighted by atomic mass is 10.0. The number of carbonyl (C=O) groups excluding carboxylic acids is 1. The van der Waals surface area contributed by atoms with Gasteiger partial charge in [0.05, 0.1) is 11.7 Å². The van der Waals surface area contributed by atoms with Crippen LogP contribution in [0.4, 0.5) is 26.3 Å². The Kier molecular flexibility index (Phi) is 5.68. The second-order valence-corrected chi connectivity index (χ2v) is 7.86. The van der Waals surface area contributed by atoms with E-state index in [2.05, 4.69) is 15.3 Å². The minimum absolute atomic E-state index is 0.0304. The van der Waals surface area contributed by atoms with Gasteiger partial charge in [0.15, 0.2) is 5.01 Å². The van der Waals surface area contributed by atoms with Crippen molar-refractivity contribution in [3.63, 3.8) is 0 Å². The maximum atomic E-state index is 14.3. The molecule has 32 heavy (non-hydrogen) atoms. The van der Waals surface area contributed by atoms with Crippen molar-refractivity contribution in [1.29, 1.82) is 0 Å². The summed E-state index contributed by atoms with van der Waals surface area (Å²) < 4.78 is 79.5. The van der Waals surface area contributed by atoms with Crippen LogP contribution in [0.5, 0.6) is 0 Å².